The summed E-state index contributed by atoms with van der Waals surface area (Å²) >= 11 is 0. The molecule has 0 bridgehead atoms. The number of carbonyl (C=O) groups excluding carboxylic acids is 1. The van der Waals surface area contributed by atoms with Crippen molar-refractivity contribution in [2.45, 2.75) is 18.8 Å². The van der Waals surface area contributed by atoms with E-state index in [9.17, 15) is 4.79 Å². The lowest BCUT2D eigenvalue weighted by Crippen LogP contribution is -2.38. The van der Waals surface area contributed by atoms with Gasteiger partial charge in [0.2, 0.25) is 11.7 Å². The van der Waals surface area contributed by atoms with Gasteiger partial charge in [-0.2, -0.15) is 4.98 Å². The Hall–Kier alpha value is -3.67. The molecule has 0 atom stereocenters. The molecule has 0 spiro atoms. The Morgan fingerprint density at radius 1 is 1.03 bits per heavy atom. The van der Waals surface area contributed by atoms with E-state index >= 15 is 0 Å². The molecular weight excluding hydrogens is 390 g/mol. The van der Waals surface area contributed by atoms with Crippen LogP contribution in [0.5, 0.6) is 5.75 Å². The molecule has 1 aliphatic rings. The molecule has 156 valence electrons. The summed E-state index contributed by atoms with van der Waals surface area (Å²) in [6.07, 6.45) is 1.60. The van der Waals surface area contributed by atoms with Crippen LogP contribution in [0.15, 0.2) is 71.3 Å². The smallest absolute Gasteiger partial charge is 0.254 e. The molecule has 3 aromatic carbocycles. The molecule has 6 nitrogen and oxygen atoms in total. The van der Waals surface area contributed by atoms with E-state index in [0.717, 1.165) is 40.5 Å². The minimum Gasteiger partial charge on any atom is -0.497 e. The van der Waals surface area contributed by atoms with Gasteiger partial charge < -0.3 is 14.2 Å². The Kier molecular flexibility index (Phi) is 5.12. The lowest BCUT2D eigenvalue weighted by atomic mass is 9.95. The number of likely N-dealkylation sites (tertiary alicyclic amines) is 1. The number of aromatic nitrogens is 2. The van der Waals surface area contributed by atoms with Crippen LogP contribution in [0.25, 0.3) is 22.2 Å². The van der Waals surface area contributed by atoms with Gasteiger partial charge in [-0.1, -0.05) is 53.7 Å². The van der Waals surface area contributed by atoms with Gasteiger partial charge >= 0.3 is 0 Å². The van der Waals surface area contributed by atoms with Crippen molar-refractivity contribution in [2.24, 2.45) is 0 Å². The van der Waals surface area contributed by atoms with Crippen molar-refractivity contribution < 1.29 is 14.1 Å². The lowest BCUT2D eigenvalue weighted by molar-refractivity contribution is 0.0706. The minimum absolute atomic E-state index is 0.0813. The molecule has 1 amide bonds. The predicted molar refractivity (Wildman–Crippen MR) is 118 cm³/mol. The van der Waals surface area contributed by atoms with Gasteiger partial charge in [0.15, 0.2) is 0 Å². The van der Waals surface area contributed by atoms with Crippen molar-refractivity contribution in [3.8, 4) is 17.1 Å². The van der Waals surface area contributed by atoms with Crippen molar-refractivity contribution in [1.82, 2.24) is 15.0 Å². The normalized spacial score (nSPS) is 14.7. The van der Waals surface area contributed by atoms with Crippen LogP contribution in [-0.4, -0.2) is 41.1 Å². The van der Waals surface area contributed by atoms with Crippen molar-refractivity contribution in [3.63, 3.8) is 0 Å². The zero-order chi connectivity index (χ0) is 21.2. The lowest BCUT2D eigenvalue weighted by Gasteiger charge is -2.30. The van der Waals surface area contributed by atoms with E-state index < -0.39 is 0 Å². The first-order valence-electron chi connectivity index (χ1n) is 10.5. The summed E-state index contributed by atoms with van der Waals surface area (Å²) in [7, 11) is 1.63. The summed E-state index contributed by atoms with van der Waals surface area (Å²) in [5.41, 5.74) is 1.62. The highest BCUT2D eigenvalue weighted by Crippen LogP contribution is 2.30. The predicted octanol–water partition coefficient (Wildman–Crippen LogP) is 4.92. The summed E-state index contributed by atoms with van der Waals surface area (Å²) in [6, 6.07) is 21.5. The molecule has 0 radical (unpaired) electrons. The fourth-order valence-electron chi connectivity index (χ4n) is 4.19. The summed E-state index contributed by atoms with van der Waals surface area (Å²) in [5, 5.41) is 6.23. The third-order valence-corrected chi connectivity index (χ3v) is 5.92. The molecule has 0 saturated carbocycles. The van der Waals surface area contributed by atoms with Crippen LogP contribution in [0.2, 0.25) is 0 Å². The fourth-order valence-corrected chi connectivity index (χ4v) is 4.19. The van der Waals surface area contributed by atoms with E-state index in [1.165, 1.54) is 0 Å². The van der Waals surface area contributed by atoms with Gasteiger partial charge in [-0.05, 0) is 41.8 Å². The summed E-state index contributed by atoms with van der Waals surface area (Å²) < 4.78 is 10.8. The fraction of sp³-hybridized carbons (Fsp3) is 0.240. The molecule has 5 rings (SSSR count). The quantitative estimate of drug-likeness (QED) is 0.475. The number of nitrogens with zero attached hydrogens (tertiary/aromatic N) is 3. The van der Waals surface area contributed by atoms with E-state index in [2.05, 4.69) is 10.1 Å². The Labute approximate surface area is 180 Å². The van der Waals surface area contributed by atoms with Gasteiger partial charge in [0.05, 0.1) is 7.11 Å². The molecule has 1 fully saturated rings. The standard InChI is InChI=1S/C25H23N3O3/c1-30-20-9-4-8-19(16-20)23-26-24(31-27-23)18-12-14-28(15-13-18)25(29)22-11-5-7-17-6-2-3-10-21(17)22/h2-11,16,18H,12-15H2,1H3. The molecule has 2 heterocycles. The van der Waals surface area contributed by atoms with Gasteiger partial charge in [-0.3, -0.25) is 4.79 Å². The van der Waals surface area contributed by atoms with Crippen LogP contribution in [0.1, 0.15) is 35.0 Å². The molecule has 1 saturated heterocycles. The van der Waals surface area contributed by atoms with Crippen LogP contribution in [0.3, 0.4) is 0 Å². The van der Waals surface area contributed by atoms with E-state index in [0.29, 0.717) is 24.8 Å². The van der Waals surface area contributed by atoms with Crippen molar-refractivity contribution in [2.75, 3.05) is 20.2 Å². The Bertz CT molecular complexity index is 1220. The van der Waals surface area contributed by atoms with Crippen molar-refractivity contribution in [1.29, 1.82) is 0 Å². The summed E-state index contributed by atoms with van der Waals surface area (Å²) in [4.78, 5) is 19.7. The molecule has 0 N–H and O–H groups in total. The maximum atomic E-state index is 13.2. The second-order valence-electron chi connectivity index (χ2n) is 7.78. The van der Waals surface area contributed by atoms with E-state index in [4.69, 9.17) is 9.26 Å². The van der Waals surface area contributed by atoms with E-state index in [1.54, 1.807) is 7.11 Å². The average Bonchev–Trinajstić information content (AvgIpc) is 3.34. The maximum absolute atomic E-state index is 13.2. The number of benzene rings is 3. The van der Waals surface area contributed by atoms with Gasteiger partial charge in [0.25, 0.3) is 5.91 Å². The maximum Gasteiger partial charge on any atom is 0.254 e. The molecule has 4 aromatic rings. The van der Waals surface area contributed by atoms with E-state index in [1.807, 2.05) is 71.6 Å². The van der Waals surface area contributed by atoms with Crippen LogP contribution >= 0.6 is 0 Å². The van der Waals surface area contributed by atoms with Crippen LogP contribution in [-0.2, 0) is 0 Å². The number of methoxy groups -OCH3 is 1. The first kappa shape index (κ1) is 19.3. The largest absolute Gasteiger partial charge is 0.497 e. The third kappa shape index (κ3) is 3.77. The van der Waals surface area contributed by atoms with Crippen LogP contribution in [0, 0.1) is 0 Å². The van der Waals surface area contributed by atoms with Gasteiger partial charge in [0, 0.05) is 30.1 Å². The first-order chi connectivity index (χ1) is 15.2. The molecule has 0 unspecified atom stereocenters. The van der Waals surface area contributed by atoms with Crippen molar-refractivity contribution in [3.05, 3.63) is 78.2 Å². The zero-order valence-electron chi connectivity index (χ0n) is 17.3. The van der Waals surface area contributed by atoms with Gasteiger partial charge in [0.1, 0.15) is 5.75 Å². The number of hydrogen-bond acceptors (Lipinski definition) is 5. The highest BCUT2D eigenvalue weighted by Gasteiger charge is 2.28. The van der Waals surface area contributed by atoms with Crippen LogP contribution < -0.4 is 4.74 Å². The Balaban J connectivity index is 1.28. The molecule has 6 heteroatoms. The average molecular weight is 413 g/mol. The topological polar surface area (TPSA) is 68.5 Å². The number of carbonyl (C=O) groups is 1. The molecule has 31 heavy (non-hydrogen) atoms. The van der Waals surface area contributed by atoms with Gasteiger partial charge in [-0.15, -0.1) is 0 Å². The molecule has 1 aromatic heterocycles. The number of amides is 1. The van der Waals surface area contributed by atoms with E-state index in [-0.39, 0.29) is 11.8 Å². The SMILES string of the molecule is COc1cccc(-c2noc(C3CCN(C(=O)c4cccc5ccccc45)CC3)n2)c1. The van der Waals surface area contributed by atoms with Gasteiger partial charge in [-0.25, -0.2) is 0 Å². The first-order valence-corrected chi connectivity index (χ1v) is 10.5. The highest BCUT2D eigenvalue weighted by molar-refractivity contribution is 6.07. The minimum atomic E-state index is 0.0813. The second-order valence-corrected chi connectivity index (χ2v) is 7.78. The Morgan fingerprint density at radius 3 is 2.65 bits per heavy atom. The van der Waals surface area contributed by atoms with Crippen LogP contribution in [0.4, 0.5) is 0 Å². The number of hydrogen-bond donors (Lipinski definition) is 0. The monoisotopic (exact) mass is 413 g/mol. The molecular formula is C25H23N3O3. The third-order valence-electron chi connectivity index (χ3n) is 5.92. The van der Waals surface area contributed by atoms with Crippen molar-refractivity contribution >= 4 is 16.7 Å². The zero-order valence-corrected chi connectivity index (χ0v) is 17.3. The number of rotatable bonds is 4. The number of ether oxygens (including phenoxy) is 1. The highest BCUT2D eigenvalue weighted by atomic mass is 16.5. The number of piperidine rings is 1. The number of fused-ring (bicyclic) bond motifs is 1. The molecule has 1 aliphatic heterocycles. The molecule has 0 aliphatic carbocycles. The second kappa shape index (κ2) is 8.22. The Morgan fingerprint density at radius 2 is 1.81 bits per heavy atom. The summed E-state index contributed by atoms with van der Waals surface area (Å²) in [6.45, 7) is 1.34. The summed E-state index contributed by atoms with van der Waals surface area (Å²) in [5.74, 6) is 2.18.